The molecule has 0 spiro atoms. The van der Waals surface area contributed by atoms with Gasteiger partial charge in [-0.1, -0.05) is 42.4 Å². The molecule has 1 N–H and O–H groups in total. The van der Waals surface area contributed by atoms with Crippen LogP contribution in [-0.4, -0.2) is 17.4 Å². The number of rotatable bonds is 9. The minimum Gasteiger partial charge on any atom is -0.349 e. The fraction of sp³-hybridized carbons (Fsp3) is 0.429. The van der Waals surface area contributed by atoms with Gasteiger partial charge in [-0.15, -0.1) is 0 Å². The zero-order valence-corrected chi connectivity index (χ0v) is 15.4. The number of allylic oxidation sites excluding steroid dienone is 5. The number of hydrogen-bond donors (Lipinski definition) is 1. The molecule has 1 amide bonds. The zero-order chi connectivity index (χ0) is 17.8. The van der Waals surface area contributed by atoms with Crippen molar-refractivity contribution < 1.29 is 4.79 Å². The van der Waals surface area contributed by atoms with E-state index in [9.17, 15) is 4.79 Å². The van der Waals surface area contributed by atoms with Crippen LogP contribution in [0.3, 0.4) is 0 Å². The van der Waals surface area contributed by atoms with Crippen molar-refractivity contribution in [3.8, 4) is 0 Å². The fourth-order valence-electron chi connectivity index (χ4n) is 2.22. The Morgan fingerprint density at radius 3 is 2.75 bits per heavy atom. The summed E-state index contributed by atoms with van der Waals surface area (Å²) < 4.78 is 0. The Balaban J connectivity index is 2.28. The molecule has 0 radical (unpaired) electrons. The fourth-order valence-corrected chi connectivity index (χ4v) is 2.22. The van der Waals surface area contributed by atoms with Gasteiger partial charge in [0.2, 0.25) is 0 Å². The number of amides is 1. The van der Waals surface area contributed by atoms with Crippen molar-refractivity contribution >= 4 is 5.91 Å². The van der Waals surface area contributed by atoms with Crippen molar-refractivity contribution in [2.45, 2.75) is 47.0 Å². The normalized spacial score (nSPS) is 12.9. The van der Waals surface area contributed by atoms with Gasteiger partial charge in [-0.3, -0.25) is 9.78 Å². The summed E-state index contributed by atoms with van der Waals surface area (Å²) in [6.45, 7) is 9.17. The van der Waals surface area contributed by atoms with Gasteiger partial charge in [-0.25, -0.2) is 0 Å². The molecule has 24 heavy (non-hydrogen) atoms. The van der Waals surface area contributed by atoms with E-state index in [2.05, 4.69) is 62.3 Å². The van der Waals surface area contributed by atoms with Gasteiger partial charge in [0.25, 0.3) is 5.91 Å². The van der Waals surface area contributed by atoms with Gasteiger partial charge in [0, 0.05) is 18.9 Å². The molecule has 0 aliphatic heterocycles. The molecule has 1 unspecified atom stereocenters. The molecule has 3 nitrogen and oxygen atoms in total. The maximum Gasteiger partial charge on any atom is 0.253 e. The second-order valence-corrected chi connectivity index (χ2v) is 6.47. The summed E-state index contributed by atoms with van der Waals surface area (Å²) in [7, 11) is 0. The first-order valence-corrected chi connectivity index (χ1v) is 8.63. The molecule has 0 aliphatic carbocycles. The summed E-state index contributed by atoms with van der Waals surface area (Å²) >= 11 is 0. The van der Waals surface area contributed by atoms with Crippen molar-refractivity contribution in [3.63, 3.8) is 0 Å². The maximum atomic E-state index is 11.9. The van der Waals surface area contributed by atoms with Crippen molar-refractivity contribution in [2.75, 3.05) is 6.54 Å². The van der Waals surface area contributed by atoms with E-state index in [0.717, 1.165) is 12.8 Å². The molecule has 1 aromatic rings. The number of carbonyl (C=O) groups is 1. The number of aromatic nitrogens is 1. The summed E-state index contributed by atoms with van der Waals surface area (Å²) in [4.78, 5) is 15.8. The van der Waals surface area contributed by atoms with E-state index in [1.807, 2.05) is 0 Å². The lowest BCUT2D eigenvalue weighted by Crippen LogP contribution is -2.23. The van der Waals surface area contributed by atoms with Crippen molar-refractivity contribution in [1.82, 2.24) is 10.3 Å². The third-order valence-electron chi connectivity index (χ3n) is 3.72. The number of pyridine rings is 1. The number of carbonyl (C=O) groups excluding carboxylic acids is 1. The first kappa shape index (κ1) is 19.9. The van der Waals surface area contributed by atoms with Crippen molar-refractivity contribution in [3.05, 3.63) is 65.5 Å². The first-order valence-electron chi connectivity index (χ1n) is 8.63. The smallest absolute Gasteiger partial charge is 0.253 e. The number of nitrogens with zero attached hydrogens (tertiary/aromatic N) is 1. The lowest BCUT2D eigenvalue weighted by atomic mass is 10.0. The second kappa shape index (κ2) is 11.4. The molecule has 0 aromatic carbocycles. The van der Waals surface area contributed by atoms with E-state index in [1.165, 1.54) is 17.6 Å². The Bertz CT molecular complexity index is 581. The molecule has 1 aromatic heterocycles. The van der Waals surface area contributed by atoms with E-state index in [1.54, 1.807) is 24.5 Å². The molecule has 1 atom stereocenters. The van der Waals surface area contributed by atoms with Crippen LogP contribution in [0, 0.1) is 5.92 Å². The highest BCUT2D eigenvalue weighted by molar-refractivity contribution is 5.93. The Kier molecular flexibility index (Phi) is 9.44. The first-order chi connectivity index (χ1) is 11.5. The summed E-state index contributed by atoms with van der Waals surface area (Å²) in [6.07, 6.45) is 15.3. The van der Waals surface area contributed by atoms with Crippen LogP contribution >= 0.6 is 0 Å². The average molecular weight is 326 g/mol. The van der Waals surface area contributed by atoms with Crippen molar-refractivity contribution in [2.24, 2.45) is 5.92 Å². The van der Waals surface area contributed by atoms with E-state index >= 15 is 0 Å². The molecular weight excluding hydrogens is 296 g/mol. The van der Waals surface area contributed by atoms with E-state index in [0.29, 0.717) is 18.0 Å². The SMILES string of the molecule is CC(C)=CCCC(C)C=CCC(C)=CCNC(=O)c1cccnc1. The standard InChI is InChI=1S/C21H30N2O/c1-17(2)8-5-9-18(3)10-6-11-19(4)13-15-23-21(24)20-12-7-14-22-16-20/h6-8,10,12-14,16,18H,5,9,11,15H2,1-4H3,(H,23,24). The van der Waals surface area contributed by atoms with Gasteiger partial charge in [0.1, 0.15) is 0 Å². The Morgan fingerprint density at radius 2 is 2.08 bits per heavy atom. The highest BCUT2D eigenvalue weighted by Crippen LogP contribution is 2.11. The maximum absolute atomic E-state index is 11.9. The average Bonchev–Trinajstić information content (AvgIpc) is 2.55. The lowest BCUT2D eigenvalue weighted by Gasteiger charge is -2.04. The molecule has 1 rings (SSSR count). The Labute approximate surface area is 146 Å². The van der Waals surface area contributed by atoms with Gasteiger partial charge in [0.15, 0.2) is 0 Å². The van der Waals surface area contributed by atoms with Crippen LogP contribution in [0.15, 0.2) is 60.0 Å². The van der Waals surface area contributed by atoms with Gasteiger partial charge in [0.05, 0.1) is 5.56 Å². The topological polar surface area (TPSA) is 42.0 Å². The molecule has 1 heterocycles. The molecule has 130 valence electrons. The molecule has 0 saturated heterocycles. The number of nitrogens with one attached hydrogen (secondary N) is 1. The summed E-state index contributed by atoms with van der Waals surface area (Å²) in [5, 5.41) is 2.88. The Morgan fingerprint density at radius 1 is 1.29 bits per heavy atom. The molecule has 0 aliphatic rings. The highest BCUT2D eigenvalue weighted by Gasteiger charge is 2.02. The van der Waals surface area contributed by atoms with E-state index in [-0.39, 0.29) is 5.91 Å². The van der Waals surface area contributed by atoms with Crippen LogP contribution in [0.4, 0.5) is 0 Å². The van der Waals surface area contributed by atoms with Crippen LogP contribution in [0.5, 0.6) is 0 Å². The van der Waals surface area contributed by atoms with Gasteiger partial charge in [-0.05, 0) is 58.1 Å². The van der Waals surface area contributed by atoms with Crippen LogP contribution in [-0.2, 0) is 0 Å². The summed E-state index contributed by atoms with van der Waals surface area (Å²) in [5.74, 6) is 0.509. The van der Waals surface area contributed by atoms with Gasteiger partial charge in [-0.2, -0.15) is 0 Å². The third-order valence-corrected chi connectivity index (χ3v) is 3.72. The van der Waals surface area contributed by atoms with Crippen LogP contribution in [0.25, 0.3) is 0 Å². The third kappa shape index (κ3) is 9.09. The van der Waals surface area contributed by atoms with Crippen molar-refractivity contribution in [1.29, 1.82) is 0 Å². The van der Waals surface area contributed by atoms with Gasteiger partial charge >= 0.3 is 0 Å². The minimum atomic E-state index is -0.0874. The van der Waals surface area contributed by atoms with E-state index in [4.69, 9.17) is 0 Å². The lowest BCUT2D eigenvalue weighted by molar-refractivity contribution is 0.0957. The molecule has 0 saturated carbocycles. The molecular formula is C21H30N2O. The van der Waals surface area contributed by atoms with Crippen LogP contribution in [0.2, 0.25) is 0 Å². The Hall–Kier alpha value is -2.16. The van der Waals surface area contributed by atoms with E-state index < -0.39 is 0 Å². The number of hydrogen-bond acceptors (Lipinski definition) is 2. The molecule has 3 heteroatoms. The minimum absolute atomic E-state index is 0.0874. The van der Waals surface area contributed by atoms with Crippen LogP contribution in [0.1, 0.15) is 57.3 Å². The predicted molar refractivity (Wildman–Crippen MR) is 102 cm³/mol. The second-order valence-electron chi connectivity index (χ2n) is 6.47. The quantitative estimate of drug-likeness (QED) is 0.642. The largest absolute Gasteiger partial charge is 0.349 e. The predicted octanol–water partition coefficient (Wildman–Crippen LogP) is 5.09. The summed E-state index contributed by atoms with van der Waals surface area (Å²) in [6, 6.07) is 3.53. The highest BCUT2D eigenvalue weighted by atomic mass is 16.1. The molecule has 0 bridgehead atoms. The molecule has 0 fully saturated rings. The summed E-state index contributed by atoms with van der Waals surface area (Å²) in [5.41, 5.74) is 3.24. The zero-order valence-electron chi connectivity index (χ0n) is 15.4. The van der Waals surface area contributed by atoms with Gasteiger partial charge < -0.3 is 5.32 Å². The monoisotopic (exact) mass is 326 g/mol. The van der Waals surface area contributed by atoms with Crippen LogP contribution < -0.4 is 5.32 Å².